The Hall–Kier alpha value is -2.76. The van der Waals surface area contributed by atoms with Gasteiger partial charge in [0.1, 0.15) is 11.6 Å². The third-order valence-electron chi connectivity index (χ3n) is 3.03. The van der Waals surface area contributed by atoms with E-state index in [1.807, 2.05) is 0 Å². The van der Waals surface area contributed by atoms with Gasteiger partial charge in [-0.05, 0) is 30.3 Å². The average molecular weight is 401 g/mol. The van der Waals surface area contributed by atoms with Crippen LogP contribution in [0.2, 0.25) is 10.2 Å². The normalized spacial score (nSPS) is 11.6. The van der Waals surface area contributed by atoms with Gasteiger partial charge in [-0.25, -0.2) is 4.98 Å². The lowest BCUT2D eigenvalue weighted by Gasteiger charge is -2.11. The van der Waals surface area contributed by atoms with E-state index < -0.39 is 22.7 Å². The Morgan fingerprint density at radius 3 is 2.62 bits per heavy atom. The molecule has 0 radical (unpaired) electrons. The smallest absolute Gasteiger partial charge is 0.358 e. The fourth-order valence-electron chi connectivity index (χ4n) is 1.81. The first-order chi connectivity index (χ1) is 12.2. The van der Waals surface area contributed by atoms with Gasteiger partial charge in [-0.1, -0.05) is 23.2 Å². The first-order valence-electron chi connectivity index (χ1n) is 6.88. The van der Waals surface area contributed by atoms with Gasteiger partial charge in [0, 0.05) is 18.1 Å². The second kappa shape index (κ2) is 8.08. The molecule has 0 unspecified atom stereocenters. The molecule has 0 saturated carbocycles. The van der Waals surface area contributed by atoms with Crippen LogP contribution in [0.4, 0.5) is 24.5 Å². The summed E-state index contributed by atoms with van der Waals surface area (Å²) < 4.78 is 38.5. The highest BCUT2D eigenvalue weighted by atomic mass is 35.5. The summed E-state index contributed by atoms with van der Waals surface area (Å²) in [5.41, 5.74) is -1.29. The second-order valence-corrected chi connectivity index (χ2v) is 5.57. The van der Waals surface area contributed by atoms with E-state index in [0.29, 0.717) is 11.8 Å². The van der Waals surface area contributed by atoms with Gasteiger partial charge in [0.25, 0.3) is 5.91 Å². The Kier molecular flexibility index (Phi) is 6.08. The molecule has 134 valence electrons. The Bertz CT molecular complexity index is 907. The zero-order valence-electron chi connectivity index (χ0n) is 12.7. The molecule has 0 atom stereocenters. The van der Waals surface area contributed by atoms with Gasteiger partial charge >= 0.3 is 6.18 Å². The number of carbonyl (C=O) groups excluding carboxylic acids is 1. The van der Waals surface area contributed by atoms with Crippen molar-refractivity contribution in [2.24, 2.45) is 0 Å². The fraction of sp³-hybridized carbons (Fsp3) is 0.0625. The van der Waals surface area contributed by atoms with Crippen LogP contribution in [0.25, 0.3) is 0 Å². The number of nitrogens with zero attached hydrogens (tertiary/aromatic N) is 2. The van der Waals surface area contributed by atoms with Crippen molar-refractivity contribution in [1.29, 1.82) is 5.26 Å². The molecule has 5 nitrogen and oxygen atoms in total. The molecular formula is C16H9Cl2F3N4O. The van der Waals surface area contributed by atoms with Crippen molar-refractivity contribution < 1.29 is 18.0 Å². The number of aromatic nitrogens is 1. The van der Waals surface area contributed by atoms with E-state index >= 15 is 0 Å². The third kappa shape index (κ3) is 4.88. The van der Waals surface area contributed by atoms with Crippen LogP contribution in [0, 0.1) is 11.3 Å². The highest BCUT2D eigenvalue weighted by Gasteiger charge is 2.33. The van der Waals surface area contributed by atoms with Gasteiger partial charge in [-0.2, -0.15) is 18.4 Å². The maximum Gasteiger partial charge on any atom is 0.417 e. The number of carbonyl (C=O) groups is 1. The van der Waals surface area contributed by atoms with Gasteiger partial charge in [-0.3, -0.25) is 4.79 Å². The van der Waals surface area contributed by atoms with Gasteiger partial charge in [-0.15, -0.1) is 0 Å². The standard InChI is InChI=1S/C16H9Cl2F3N4O/c17-12-4-3-10(6-11(12)16(19,20)21)25-15(26)9(7-22)8-24-13-2-1-5-23-14(13)18/h1-6,8,24H,(H,25,26)/b9-8-. The zero-order valence-corrected chi connectivity index (χ0v) is 14.2. The first-order valence-corrected chi connectivity index (χ1v) is 7.63. The lowest BCUT2D eigenvalue weighted by Crippen LogP contribution is -2.15. The van der Waals surface area contributed by atoms with E-state index in [4.69, 9.17) is 28.5 Å². The van der Waals surface area contributed by atoms with E-state index in [1.165, 1.54) is 12.3 Å². The van der Waals surface area contributed by atoms with E-state index in [-0.39, 0.29) is 16.4 Å². The van der Waals surface area contributed by atoms with E-state index in [0.717, 1.165) is 12.3 Å². The van der Waals surface area contributed by atoms with E-state index in [1.54, 1.807) is 18.2 Å². The van der Waals surface area contributed by atoms with Crippen molar-refractivity contribution in [3.05, 3.63) is 64.0 Å². The highest BCUT2D eigenvalue weighted by Crippen LogP contribution is 2.36. The molecule has 1 amide bonds. The van der Waals surface area contributed by atoms with Crippen molar-refractivity contribution in [2.45, 2.75) is 6.18 Å². The molecule has 0 fully saturated rings. The van der Waals surface area contributed by atoms with Crippen molar-refractivity contribution in [3.8, 4) is 6.07 Å². The molecule has 2 N–H and O–H groups in total. The Morgan fingerprint density at radius 2 is 2.00 bits per heavy atom. The number of anilines is 2. The molecule has 0 saturated heterocycles. The second-order valence-electron chi connectivity index (χ2n) is 4.80. The number of halogens is 5. The minimum atomic E-state index is -4.68. The average Bonchev–Trinajstić information content (AvgIpc) is 2.57. The van der Waals surface area contributed by atoms with Gasteiger partial charge in [0.05, 0.1) is 16.3 Å². The summed E-state index contributed by atoms with van der Waals surface area (Å²) >= 11 is 11.3. The van der Waals surface area contributed by atoms with Crippen LogP contribution in [0.1, 0.15) is 5.56 Å². The van der Waals surface area contributed by atoms with Crippen LogP contribution >= 0.6 is 23.2 Å². The quantitative estimate of drug-likeness (QED) is 0.436. The Morgan fingerprint density at radius 1 is 1.27 bits per heavy atom. The minimum Gasteiger partial charge on any atom is -0.358 e. The molecule has 1 aromatic heterocycles. The monoisotopic (exact) mass is 400 g/mol. The maximum atomic E-state index is 12.8. The number of nitriles is 1. The topological polar surface area (TPSA) is 77.8 Å². The molecule has 2 aromatic rings. The van der Waals surface area contributed by atoms with Gasteiger partial charge in [0.15, 0.2) is 5.15 Å². The third-order valence-corrected chi connectivity index (χ3v) is 3.66. The predicted octanol–water partition coefficient (Wildman–Crippen LogP) is 4.87. The zero-order chi connectivity index (χ0) is 19.3. The lowest BCUT2D eigenvalue weighted by atomic mass is 10.2. The molecule has 1 aromatic carbocycles. The Labute approximate surface area is 156 Å². The summed E-state index contributed by atoms with van der Waals surface area (Å²) in [4.78, 5) is 15.9. The Balaban J connectivity index is 2.19. The number of benzene rings is 1. The molecule has 2 rings (SSSR count). The van der Waals surface area contributed by atoms with Crippen LogP contribution in [0.3, 0.4) is 0 Å². The SMILES string of the molecule is N#C/C(=C/Nc1cccnc1Cl)C(=O)Nc1ccc(Cl)c(C(F)(F)F)c1. The molecule has 0 spiro atoms. The molecule has 0 aliphatic carbocycles. The van der Waals surface area contributed by atoms with Crippen LogP contribution in [0.5, 0.6) is 0 Å². The number of rotatable bonds is 4. The largest absolute Gasteiger partial charge is 0.417 e. The van der Waals surface area contributed by atoms with Crippen LogP contribution < -0.4 is 10.6 Å². The van der Waals surface area contributed by atoms with E-state index in [2.05, 4.69) is 15.6 Å². The van der Waals surface area contributed by atoms with Crippen LogP contribution in [-0.4, -0.2) is 10.9 Å². The number of hydrogen-bond donors (Lipinski definition) is 2. The molecule has 0 aliphatic heterocycles. The van der Waals surface area contributed by atoms with Gasteiger partial charge in [0.2, 0.25) is 0 Å². The van der Waals surface area contributed by atoms with E-state index in [9.17, 15) is 18.0 Å². The van der Waals surface area contributed by atoms with Gasteiger partial charge < -0.3 is 10.6 Å². The molecule has 10 heteroatoms. The summed E-state index contributed by atoms with van der Waals surface area (Å²) in [7, 11) is 0. The maximum absolute atomic E-state index is 12.8. The number of alkyl halides is 3. The number of pyridine rings is 1. The molecule has 0 aliphatic rings. The minimum absolute atomic E-state index is 0.119. The van der Waals surface area contributed by atoms with Crippen LogP contribution in [0.15, 0.2) is 48.3 Å². The summed E-state index contributed by atoms with van der Waals surface area (Å²) in [6.45, 7) is 0. The molecule has 0 bridgehead atoms. The molecule has 1 heterocycles. The van der Waals surface area contributed by atoms with Crippen LogP contribution in [-0.2, 0) is 11.0 Å². The summed E-state index contributed by atoms with van der Waals surface area (Å²) in [5, 5.41) is 13.5. The summed E-state index contributed by atoms with van der Waals surface area (Å²) in [6, 6.07) is 7.66. The van der Waals surface area contributed by atoms with Crippen molar-refractivity contribution in [1.82, 2.24) is 4.98 Å². The van der Waals surface area contributed by atoms with Crippen molar-refractivity contribution in [2.75, 3.05) is 10.6 Å². The number of amides is 1. The first kappa shape index (κ1) is 19.6. The number of nitrogens with one attached hydrogen (secondary N) is 2. The summed E-state index contributed by atoms with van der Waals surface area (Å²) in [6.07, 6.45) is -2.16. The van der Waals surface area contributed by atoms with Crippen molar-refractivity contribution >= 4 is 40.5 Å². The fourth-order valence-corrected chi connectivity index (χ4v) is 2.21. The number of hydrogen-bond acceptors (Lipinski definition) is 4. The van der Waals surface area contributed by atoms with Crippen molar-refractivity contribution in [3.63, 3.8) is 0 Å². The molecule has 26 heavy (non-hydrogen) atoms. The lowest BCUT2D eigenvalue weighted by molar-refractivity contribution is -0.137. The predicted molar refractivity (Wildman–Crippen MR) is 91.6 cm³/mol. The summed E-state index contributed by atoms with van der Waals surface area (Å²) in [5.74, 6) is -0.907. The molecular weight excluding hydrogens is 392 g/mol. The highest BCUT2D eigenvalue weighted by molar-refractivity contribution is 6.32.